The maximum atomic E-state index is 3.45. The Morgan fingerprint density at radius 3 is 2.44 bits per heavy atom. The van der Waals surface area contributed by atoms with Crippen LogP contribution in [-0.2, 0) is 0 Å². The number of rotatable bonds is 1. The van der Waals surface area contributed by atoms with Crippen LogP contribution in [0.4, 0.5) is 0 Å². The molecule has 0 fully saturated rings. The lowest BCUT2D eigenvalue weighted by Gasteiger charge is -2.33. The van der Waals surface area contributed by atoms with E-state index in [4.69, 9.17) is 0 Å². The molecule has 0 spiro atoms. The molecule has 2 aliphatic carbocycles. The third kappa shape index (κ3) is 1.61. The zero-order chi connectivity index (χ0) is 11.8. The predicted octanol–water partition coefficient (Wildman–Crippen LogP) is 3.29. The van der Waals surface area contributed by atoms with Crippen LogP contribution in [0.25, 0.3) is 0 Å². The first-order chi connectivity index (χ1) is 7.58. The zero-order valence-corrected chi connectivity index (χ0v) is 10.5. The first-order valence-electron chi connectivity index (χ1n) is 5.73. The van der Waals surface area contributed by atoms with Gasteiger partial charge < -0.3 is 5.32 Å². The van der Waals surface area contributed by atoms with Crippen LogP contribution in [0, 0.1) is 0 Å². The molecule has 1 heteroatoms. The number of allylic oxidation sites excluding steroid dienone is 6. The lowest BCUT2D eigenvalue weighted by Crippen LogP contribution is -2.43. The Hall–Kier alpha value is -1.34. The molecule has 84 valence electrons. The fourth-order valence-corrected chi connectivity index (χ4v) is 2.50. The molecule has 0 saturated carbocycles. The van der Waals surface area contributed by atoms with Gasteiger partial charge in [0.1, 0.15) is 0 Å². The van der Waals surface area contributed by atoms with Gasteiger partial charge >= 0.3 is 0 Å². The molecule has 1 atom stereocenters. The molecule has 0 radical (unpaired) electrons. The second kappa shape index (κ2) is 3.91. The summed E-state index contributed by atoms with van der Waals surface area (Å²) in [7, 11) is 2.02. The molecule has 0 aromatic carbocycles. The van der Waals surface area contributed by atoms with Crippen molar-refractivity contribution in [1.29, 1.82) is 0 Å². The molecule has 0 heterocycles. The van der Waals surface area contributed by atoms with Crippen LogP contribution in [0.2, 0.25) is 0 Å². The van der Waals surface area contributed by atoms with E-state index in [1.54, 1.807) is 0 Å². The van der Waals surface area contributed by atoms with Crippen LogP contribution in [0.15, 0.2) is 58.7 Å². The summed E-state index contributed by atoms with van der Waals surface area (Å²) in [4.78, 5) is 0. The minimum atomic E-state index is -0.0815. The van der Waals surface area contributed by atoms with Gasteiger partial charge in [-0.15, -0.1) is 0 Å². The van der Waals surface area contributed by atoms with Gasteiger partial charge in [0.25, 0.3) is 0 Å². The second-order valence-electron chi connectivity index (χ2n) is 4.68. The fourth-order valence-electron chi connectivity index (χ4n) is 2.50. The van der Waals surface area contributed by atoms with Gasteiger partial charge in [-0.2, -0.15) is 0 Å². The predicted molar refractivity (Wildman–Crippen MR) is 70.3 cm³/mol. The van der Waals surface area contributed by atoms with Crippen LogP contribution in [-0.4, -0.2) is 12.6 Å². The molecule has 16 heavy (non-hydrogen) atoms. The Morgan fingerprint density at radius 2 is 1.75 bits per heavy atom. The molecule has 0 aliphatic heterocycles. The first-order valence-corrected chi connectivity index (χ1v) is 5.73. The lowest BCUT2D eigenvalue weighted by molar-refractivity contribution is 0.541. The smallest absolute Gasteiger partial charge is 0.0662 e. The van der Waals surface area contributed by atoms with Crippen molar-refractivity contribution in [2.45, 2.75) is 26.3 Å². The topological polar surface area (TPSA) is 12.0 Å². The molecule has 0 aromatic heterocycles. The van der Waals surface area contributed by atoms with E-state index in [-0.39, 0.29) is 5.54 Å². The number of nitrogens with one attached hydrogen (secondary N) is 1. The highest BCUT2D eigenvalue weighted by Crippen LogP contribution is 2.36. The number of fused-ring (bicyclic) bond motifs is 2. The quantitative estimate of drug-likeness (QED) is 0.704. The third-order valence-electron chi connectivity index (χ3n) is 3.52. The maximum Gasteiger partial charge on any atom is 0.0662 e. The first kappa shape index (κ1) is 11.2. The van der Waals surface area contributed by atoms with Gasteiger partial charge in [-0.05, 0) is 44.5 Å². The highest BCUT2D eigenvalue weighted by atomic mass is 14.9. The summed E-state index contributed by atoms with van der Waals surface area (Å²) >= 11 is 0. The van der Waals surface area contributed by atoms with Crippen LogP contribution < -0.4 is 5.32 Å². The van der Waals surface area contributed by atoms with Gasteiger partial charge in [0, 0.05) is 0 Å². The minimum absolute atomic E-state index is 0.0815. The van der Waals surface area contributed by atoms with E-state index in [0.29, 0.717) is 0 Å². The molecule has 1 unspecified atom stereocenters. The normalized spacial score (nSPS) is 28.5. The van der Waals surface area contributed by atoms with Crippen LogP contribution in [0.3, 0.4) is 0 Å². The largest absolute Gasteiger partial charge is 0.307 e. The molecule has 1 N–H and O–H groups in total. The average Bonchev–Trinajstić information content (AvgIpc) is 2.45. The average molecular weight is 213 g/mol. The molecule has 0 aromatic rings. The Labute approximate surface area is 97.9 Å². The van der Waals surface area contributed by atoms with Gasteiger partial charge in [-0.3, -0.25) is 0 Å². The molecule has 0 amide bonds. The van der Waals surface area contributed by atoms with Crippen molar-refractivity contribution in [1.82, 2.24) is 5.32 Å². The standard InChI is InChI=1S/C15H19N/c1-11-9-12(2)14-8-6-5-7-13(10-11)15(14,3)16-4/h5-10,16H,1-4H3. The second-order valence-corrected chi connectivity index (χ2v) is 4.68. The van der Waals surface area contributed by atoms with Gasteiger partial charge in [0.2, 0.25) is 0 Å². The van der Waals surface area contributed by atoms with E-state index in [1.807, 2.05) is 7.05 Å². The summed E-state index contributed by atoms with van der Waals surface area (Å²) in [6.07, 6.45) is 13.1. The van der Waals surface area contributed by atoms with Crippen molar-refractivity contribution in [3.05, 3.63) is 58.7 Å². The Bertz CT molecular complexity index is 458. The van der Waals surface area contributed by atoms with Crippen molar-refractivity contribution in [3.63, 3.8) is 0 Å². The summed E-state index contributed by atoms with van der Waals surface area (Å²) in [6, 6.07) is 0. The summed E-state index contributed by atoms with van der Waals surface area (Å²) < 4.78 is 0. The number of likely N-dealkylation sites (N-methyl/N-ethyl adjacent to an activating group) is 1. The summed E-state index contributed by atoms with van der Waals surface area (Å²) in [5.41, 5.74) is 5.23. The minimum Gasteiger partial charge on any atom is -0.307 e. The van der Waals surface area contributed by atoms with Crippen LogP contribution in [0.5, 0.6) is 0 Å². The van der Waals surface area contributed by atoms with E-state index < -0.39 is 0 Å². The Morgan fingerprint density at radius 1 is 1.06 bits per heavy atom. The van der Waals surface area contributed by atoms with E-state index in [2.05, 4.69) is 62.5 Å². The zero-order valence-electron chi connectivity index (χ0n) is 10.5. The summed E-state index contributed by atoms with van der Waals surface area (Å²) in [5, 5.41) is 3.45. The Balaban J connectivity index is 2.71. The summed E-state index contributed by atoms with van der Waals surface area (Å²) in [6.45, 7) is 6.58. The molecular formula is C15H19N. The van der Waals surface area contributed by atoms with Gasteiger partial charge in [0.05, 0.1) is 5.54 Å². The van der Waals surface area contributed by atoms with E-state index in [1.165, 1.54) is 22.3 Å². The molecule has 2 aliphatic rings. The van der Waals surface area contributed by atoms with Crippen molar-refractivity contribution >= 4 is 0 Å². The van der Waals surface area contributed by atoms with Crippen molar-refractivity contribution in [2.75, 3.05) is 7.05 Å². The maximum absolute atomic E-state index is 3.45. The van der Waals surface area contributed by atoms with Crippen molar-refractivity contribution in [3.8, 4) is 0 Å². The van der Waals surface area contributed by atoms with Crippen molar-refractivity contribution < 1.29 is 0 Å². The third-order valence-corrected chi connectivity index (χ3v) is 3.52. The van der Waals surface area contributed by atoms with Gasteiger partial charge in [0.15, 0.2) is 0 Å². The highest BCUT2D eigenvalue weighted by Gasteiger charge is 2.32. The van der Waals surface area contributed by atoms with E-state index >= 15 is 0 Å². The molecule has 2 rings (SSSR count). The lowest BCUT2D eigenvalue weighted by atomic mass is 9.82. The number of hydrogen-bond acceptors (Lipinski definition) is 1. The molecule has 2 bridgehead atoms. The molecule has 1 nitrogen and oxygen atoms in total. The SMILES string of the molecule is CNC1(C)C2=CC=CC=C1C(C)=CC(C)=C2. The highest BCUT2D eigenvalue weighted by molar-refractivity contribution is 5.58. The summed E-state index contributed by atoms with van der Waals surface area (Å²) in [5.74, 6) is 0. The van der Waals surface area contributed by atoms with E-state index in [0.717, 1.165) is 0 Å². The van der Waals surface area contributed by atoms with E-state index in [9.17, 15) is 0 Å². The van der Waals surface area contributed by atoms with Crippen molar-refractivity contribution in [2.24, 2.45) is 0 Å². The van der Waals surface area contributed by atoms with Gasteiger partial charge in [-0.25, -0.2) is 0 Å². The van der Waals surface area contributed by atoms with Gasteiger partial charge in [-0.1, -0.05) is 42.0 Å². The monoisotopic (exact) mass is 213 g/mol. The Kier molecular flexibility index (Phi) is 2.73. The molecular weight excluding hydrogens is 194 g/mol. The van der Waals surface area contributed by atoms with Crippen LogP contribution in [0.1, 0.15) is 20.8 Å². The number of hydrogen-bond donors (Lipinski definition) is 1. The molecule has 0 saturated heterocycles. The fraction of sp³-hybridized carbons (Fsp3) is 0.333. The van der Waals surface area contributed by atoms with Crippen LogP contribution >= 0.6 is 0 Å².